The van der Waals surface area contributed by atoms with Crippen LogP contribution in [0.25, 0.3) is 0 Å². The molecule has 2 bridgehead atoms. The Balaban J connectivity index is 2.21. The van der Waals surface area contributed by atoms with Gasteiger partial charge >= 0.3 is 0 Å². The van der Waals surface area contributed by atoms with E-state index in [1.165, 1.54) is 0 Å². The van der Waals surface area contributed by atoms with Crippen molar-refractivity contribution >= 4 is 17.7 Å². The minimum absolute atomic E-state index is 0.155. The molecule has 0 radical (unpaired) electrons. The highest BCUT2D eigenvalue weighted by molar-refractivity contribution is 5.99. The topological polar surface area (TPSA) is 90.4 Å². The van der Waals surface area contributed by atoms with E-state index in [4.69, 9.17) is 4.74 Å². The molecule has 3 rings (SSSR count). The lowest BCUT2D eigenvalue weighted by Crippen LogP contribution is -2.61. The fourth-order valence-corrected chi connectivity index (χ4v) is 7.02. The molecule has 1 N–H and O–H groups in total. The summed E-state index contributed by atoms with van der Waals surface area (Å²) in [5.74, 6) is -1.90. The van der Waals surface area contributed by atoms with Crippen molar-refractivity contribution in [3.63, 3.8) is 0 Å². The zero-order chi connectivity index (χ0) is 27.9. The minimum Gasteiger partial charge on any atom is -0.394 e. The third-order valence-electron chi connectivity index (χ3n) is 8.63. The molecule has 3 fully saturated rings. The predicted molar refractivity (Wildman–Crippen MR) is 144 cm³/mol. The van der Waals surface area contributed by atoms with Gasteiger partial charge in [0.2, 0.25) is 17.7 Å². The third-order valence-corrected chi connectivity index (χ3v) is 8.63. The van der Waals surface area contributed by atoms with Crippen LogP contribution in [0.2, 0.25) is 0 Å². The van der Waals surface area contributed by atoms with Crippen LogP contribution in [0.1, 0.15) is 67.2 Å². The van der Waals surface area contributed by atoms with Crippen LogP contribution < -0.4 is 0 Å². The maximum absolute atomic E-state index is 14.5. The average Bonchev–Trinajstić information content (AvgIpc) is 3.43. The maximum atomic E-state index is 14.5. The van der Waals surface area contributed by atoms with Crippen molar-refractivity contribution in [1.29, 1.82) is 0 Å². The Kier molecular flexibility index (Phi) is 8.35. The fraction of sp³-hybridized carbons (Fsp3) is 0.759. The van der Waals surface area contributed by atoms with E-state index in [1.807, 2.05) is 41.5 Å². The summed E-state index contributed by atoms with van der Waals surface area (Å²) in [4.78, 5) is 47.7. The molecule has 0 aromatic carbocycles. The second kappa shape index (κ2) is 10.5. The van der Waals surface area contributed by atoms with Gasteiger partial charge in [0.15, 0.2) is 0 Å². The largest absolute Gasteiger partial charge is 0.394 e. The van der Waals surface area contributed by atoms with Gasteiger partial charge in [-0.05, 0) is 52.4 Å². The van der Waals surface area contributed by atoms with Crippen LogP contribution in [-0.2, 0) is 19.1 Å². The zero-order valence-electron chi connectivity index (χ0n) is 23.8. The quantitative estimate of drug-likeness (QED) is 0.426. The molecule has 3 aliphatic rings. The van der Waals surface area contributed by atoms with Gasteiger partial charge in [0.05, 0.1) is 30.1 Å². The molecular formula is C29H47N3O5. The number of likely N-dealkylation sites (tertiary alicyclic amines) is 1. The van der Waals surface area contributed by atoms with Crippen LogP contribution in [-0.4, -0.2) is 93.1 Å². The lowest BCUT2D eigenvalue weighted by molar-refractivity contribution is -0.160. The molecular weight excluding hydrogens is 470 g/mol. The first-order valence-corrected chi connectivity index (χ1v) is 13.7. The van der Waals surface area contributed by atoms with E-state index in [1.54, 1.807) is 33.9 Å². The van der Waals surface area contributed by atoms with Gasteiger partial charge in [-0.1, -0.05) is 32.9 Å². The molecule has 0 aromatic rings. The molecule has 3 saturated heterocycles. The summed E-state index contributed by atoms with van der Waals surface area (Å²) < 4.78 is 6.87. The summed E-state index contributed by atoms with van der Waals surface area (Å²) in [6.07, 6.45) is 5.59. The molecule has 3 amide bonds. The summed E-state index contributed by atoms with van der Waals surface area (Å²) in [6, 6.07) is -1.47. The van der Waals surface area contributed by atoms with Gasteiger partial charge in [-0.15, -0.1) is 13.2 Å². The predicted octanol–water partition coefficient (Wildman–Crippen LogP) is 3.01. The van der Waals surface area contributed by atoms with Gasteiger partial charge in [0.25, 0.3) is 0 Å². The monoisotopic (exact) mass is 517 g/mol. The van der Waals surface area contributed by atoms with E-state index < -0.39 is 40.7 Å². The van der Waals surface area contributed by atoms with Gasteiger partial charge in [0.1, 0.15) is 11.6 Å². The number of fused-ring (bicyclic) bond motifs is 1. The SMILES string of the molecule is C=CCN(C)C(=O)[C@@H]1[C@H]2C(=O)N([C@@H](CO)CC(C)C)C(C(=O)N(CC=C)C(C)(C)C)C23CC[C@@]1(CC)O3. The van der Waals surface area contributed by atoms with Crippen molar-refractivity contribution in [3.05, 3.63) is 25.3 Å². The number of hydrogen-bond acceptors (Lipinski definition) is 5. The van der Waals surface area contributed by atoms with E-state index in [9.17, 15) is 19.5 Å². The first-order chi connectivity index (χ1) is 17.3. The van der Waals surface area contributed by atoms with Crippen molar-refractivity contribution in [1.82, 2.24) is 14.7 Å². The number of likely N-dealkylation sites (N-methyl/N-ethyl adjacent to an activating group) is 1. The van der Waals surface area contributed by atoms with E-state index in [0.29, 0.717) is 38.8 Å². The summed E-state index contributed by atoms with van der Waals surface area (Å²) in [7, 11) is 1.71. The number of aliphatic hydroxyl groups is 1. The van der Waals surface area contributed by atoms with Crippen molar-refractivity contribution < 1.29 is 24.2 Å². The van der Waals surface area contributed by atoms with E-state index >= 15 is 0 Å². The Labute approximate surface area is 222 Å². The van der Waals surface area contributed by atoms with Crippen LogP contribution in [0.3, 0.4) is 0 Å². The molecule has 37 heavy (non-hydrogen) atoms. The Morgan fingerprint density at radius 1 is 1.19 bits per heavy atom. The van der Waals surface area contributed by atoms with Crippen LogP contribution in [0.5, 0.6) is 0 Å². The highest BCUT2D eigenvalue weighted by Gasteiger charge is 2.79. The molecule has 0 saturated carbocycles. The smallest absolute Gasteiger partial charge is 0.249 e. The number of hydrogen-bond donors (Lipinski definition) is 1. The number of carbonyl (C=O) groups is 3. The summed E-state index contributed by atoms with van der Waals surface area (Å²) in [5.41, 5.74) is -2.44. The Bertz CT molecular complexity index is 927. The van der Waals surface area contributed by atoms with Gasteiger partial charge in [0, 0.05) is 25.7 Å². The van der Waals surface area contributed by atoms with Crippen LogP contribution in [0.15, 0.2) is 25.3 Å². The highest BCUT2D eigenvalue weighted by atomic mass is 16.5. The van der Waals surface area contributed by atoms with Crippen LogP contribution >= 0.6 is 0 Å². The third kappa shape index (κ3) is 4.65. The Hall–Kier alpha value is -2.19. The minimum atomic E-state index is -1.12. The molecule has 6 atom stereocenters. The second-order valence-electron chi connectivity index (χ2n) is 12.5. The fourth-order valence-electron chi connectivity index (χ4n) is 7.02. The molecule has 8 nitrogen and oxygen atoms in total. The second-order valence-corrected chi connectivity index (χ2v) is 12.5. The van der Waals surface area contributed by atoms with Crippen molar-refractivity contribution in [3.8, 4) is 0 Å². The normalized spacial score (nSPS) is 31.4. The molecule has 0 aromatic heterocycles. The molecule has 8 heteroatoms. The molecule has 0 aliphatic carbocycles. The van der Waals surface area contributed by atoms with Gasteiger partial charge in [-0.2, -0.15) is 0 Å². The van der Waals surface area contributed by atoms with Crippen molar-refractivity contribution in [2.24, 2.45) is 17.8 Å². The number of ether oxygens (including phenoxy) is 1. The first kappa shape index (κ1) is 29.4. The zero-order valence-corrected chi connectivity index (χ0v) is 23.8. The highest BCUT2D eigenvalue weighted by Crippen LogP contribution is 2.65. The summed E-state index contributed by atoms with van der Waals surface area (Å²) >= 11 is 0. The van der Waals surface area contributed by atoms with E-state index in [2.05, 4.69) is 13.2 Å². The summed E-state index contributed by atoms with van der Waals surface area (Å²) in [5, 5.41) is 10.5. The summed E-state index contributed by atoms with van der Waals surface area (Å²) in [6.45, 7) is 19.9. The van der Waals surface area contributed by atoms with Crippen LogP contribution in [0, 0.1) is 17.8 Å². The lowest BCUT2D eigenvalue weighted by atomic mass is 9.64. The first-order valence-electron chi connectivity index (χ1n) is 13.7. The molecule has 208 valence electrons. The number of rotatable bonds is 11. The Morgan fingerprint density at radius 3 is 2.30 bits per heavy atom. The molecule has 1 spiro atoms. The Morgan fingerprint density at radius 2 is 1.81 bits per heavy atom. The number of amides is 3. The van der Waals surface area contributed by atoms with Crippen molar-refractivity contribution in [2.75, 3.05) is 26.7 Å². The van der Waals surface area contributed by atoms with Crippen LogP contribution in [0.4, 0.5) is 0 Å². The van der Waals surface area contributed by atoms with E-state index in [-0.39, 0.29) is 30.2 Å². The molecule has 3 heterocycles. The van der Waals surface area contributed by atoms with Gasteiger partial charge in [-0.3, -0.25) is 14.4 Å². The lowest BCUT2D eigenvalue weighted by Gasteiger charge is -2.43. The maximum Gasteiger partial charge on any atom is 0.249 e. The molecule has 3 aliphatic heterocycles. The average molecular weight is 518 g/mol. The number of nitrogens with zero attached hydrogens (tertiary/aromatic N) is 3. The number of carbonyl (C=O) groups excluding carboxylic acids is 3. The van der Waals surface area contributed by atoms with E-state index in [0.717, 1.165) is 0 Å². The van der Waals surface area contributed by atoms with Crippen molar-refractivity contribution in [2.45, 2.75) is 96.1 Å². The van der Waals surface area contributed by atoms with Gasteiger partial charge in [-0.25, -0.2) is 0 Å². The standard InChI is InChI=1S/C29H47N3O5/c1-10-15-30(9)24(34)21-22-25(35)32(20(18-33)17-19(4)5)23(26(36)31(16-11-2)27(6,7)8)29(22)14-13-28(21,12-3)37-29/h10-11,19-23,33H,1-2,12-18H2,3-9H3/t20-,21+,22+,23?,28-,29?/m1/s1. The molecule has 2 unspecified atom stereocenters. The van der Waals surface area contributed by atoms with Gasteiger partial charge < -0.3 is 24.5 Å². The number of aliphatic hydroxyl groups excluding tert-OH is 1.